The third-order valence-corrected chi connectivity index (χ3v) is 5.69. The molecule has 2 N–H and O–H groups in total. The van der Waals surface area contributed by atoms with Gasteiger partial charge in [-0.3, -0.25) is 4.99 Å². The number of amidine groups is 1. The van der Waals surface area contributed by atoms with Gasteiger partial charge in [-0.2, -0.15) is 9.37 Å². The summed E-state index contributed by atoms with van der Waals surface area (Å²) in [4.78, 5) is 10.9. The van der Waals surface area contributed by atoms with Crippen molar-refractivity contribution in [3.63, 3.8) is 0 Å². The predicted octanol–water partition coefficient (Wildman–Crippen LogP) is 2.56. The Morgan fingerprint density at radius 2 is 1.96 bits per heavy atom. The summed E-state index contributed by atoms with van der Waals surface area (Å²) in [7, 11) is 0. The average Bonchev–Trinajstić information content (AvgIpc) is 2.70. The van der Waals surface area contributed by atoms with Gasteiger partial charge in [0, 0.05) is 28.7 Å². The first-order chi connectivity index (χ1) is 13.6. The Morgan fingerprint density at radius 1 is 1.14 bits per heavy atom. The number of aliphatic imine (C=N–C) groups is 1. The van der Waals surface area contributed by atoms with Crippen LogP contribution < -0.4 is 15.4 Å². The fraction of sp³-hybridized carbons (Fsp3) is 0.368. The minimum atomic E-state index is -0.986. The zero-order valence-corrected chi connectivity index (χ0v) is 16.5. The zero-order valence-electron chi connectivity index (χ0n) is 15.0. The minimum Gasteiger partial charge on any atom is -0.452 e. The van der Waals surface area contributed by atoms with Crippen molar-refractivity contribution in [2.75, 3.05) is 44.4 Å². The van der Waals surface area contributed by atoms with E-state index >= 15 is 4.39 Å². The van der Waals surface area contributed by atoms with Gasteiger partial charge in [0.2, 0.25) is 0 Å². The molecule has 5 rings (SSSR count). The van der Waals surface area contributed by atoms with Gasteiger partial charge in [-0.15, -0.1) is 0 Å². The number of ether oxygens (including phenoxy) is 3. The fourth-order valence-corrected chi connectivity index (χ4v) is 4.27. The number of fused-ring (bicyclic) bond motifs is 4. The molecule has 146 valence electrons. The second-order valence-electron chi connectivity index (χ2n) is 6.95. The number of hydrogen-bond donors (Lipinski definition) is 1. The number of hydrogen-bond acceptors (Lipinski definition) is 7. The molecule has 3 aliphatic heterocycles. The Kier molecular flexibility index (Phi) is 4.26. The van der Waals surface area contributed by atoms with Crippen molar-refractivity contribution in [2.24, 2.45) is 10.7 Å². The third kappa shape index (κ3) is 2.76. The summed E-state index contributed by atoms with van der Waals surface area (Å²) in [6.45, 7) is 2.91. The molecule has 4 heterocycles. The van der Waals surface area contributed by atoms with E-state index < -0.39 is 11.5 Å². The topological polar surface area (TPSA) is 82.2 Å². The first-order valence-electron chi connectivity index (χ1n) is 9.00. The maximum absolute atomic E-state index is 15.1. The highest BCUT2D eigenvalue weighted by molar-refractivity contribution is 9.10. The van der Waals surface area contributed by atoms with Gasteiger partial charge in [0.1, 0.15) is 29.5 Å². The number of nitrogens with two attached hydrogens (primary N) is 1. The van der Waals surface area contributed by atoms with Crippen molar-refractivity contribution in [2.45, 2.75) is 5.54 Å². The molecule has 1 aromatic heterocycles. The van der Waals surface area contributed by atoms with Gasteiger partial charge in [-0.05, 0) is 24.3 Å². The highest BCUT2D eigenvalue weighted by Crippen LogP contribution is 2.52. The van der Waals surface area contributed by atoms with Gasteiger partial charge in [0.25, 0.3) is 5.95 Å². The van der Waals surface area contributed by atoms with Crippen LogP contribution in [0.15, 0.2) is 33.7 Å². The van der Waals surface area contributed by atoms with Gasteiger partial charge in [0.15, 0.2) is 5.75 Å². The SMILES string of the molecule is NC1=NC2(COC1)c1cc(Br)ccc1Oc1c2cc(N2CCOCC2)nc1F. The van der Waals surface area contributed by atoms with E-state index in [1.54, 1.807) is 6.07 Å². The van der Waals surface area contributed by atoms with Crippen molar-refractivity contribution < 1.29 is 18.6 Å². The molecule has 2 aromatic rings. The Bertz CT molecular complexity index is 980. The molecule has 9 heteroatoms. The van der Waals surface area contributed by atoms with Crippen LogP contribution in [0.1, 0.15) is 11.1 Å². The third-order valence-electron chi connectivity index (χ3n) is 5.19. The summed E-state index contributed by atoms with van der Waals surface area (Å²) in [5, 5.41) is 0. The molecule has 0 saturated carbocycles. The average molecular weight is 449 g/mol. The summed E-state index contributed by atoms with van der Waals surface area (Å²) in [5.41, 5.74) is 6.40. The maximum Gasteiger partial charge on any atom is 0.258 e. The summed E-state index contributed by atoms with van der Waals surface area (Å²) in [6, 6.07) is 7.36. The Hall–Kier alpha value is -2.23. The van der Waals surface area contributed by atoms with Crippen LogP contribution in [-0.2, 0) is 15.0 Å². The molecule has 0 aliphatic carbocycles. The molecular weight excluding hydrogens is 431 g/mol. The number of halogens is 2. The van der Waals surface area contributed by atoms with E-state index in [1.807, 2.05) is 23.1 Å². The van der Waals surface area contributed by atoms with Crippen LogP contribution in [0.4, 0.5) is 10.2 Å². The number of aromatic nitrogens is 1. The van der Waals surface area contributed by atoms with Gasteiger partial charge in [-0.1, -0.05) is 15.9 Å². The molecule has 1 unspecified atom stereocenters. The molecule has 1 spiro atoms. The number of nitrogens with zero attached hydrogens (tertiary/aromatic N) is 3. The van der Waals surface area contributed by atoms with Crippen molar-refractivity contribution in [1.29, 1.82) is 0 Å². The van der Waals surface area contributed by atoms with Gasteiger partial charge < -0.3 is 24.8 Å². The van der Waals surface area contributed by atoms with Gasteiger partial charge in [-0.25, -0.2) is 0 Å². The smallest absolute Gasteiger partial charge is 0.258 e. The molecule has 1 fully saturated rings. The Morgan fingerprint density at radius 3 is 2.75 bits per heavy atom. The first-order valence-corrected chi connectivity index (χ1v) is 9.80. The lowest BCUT2D eigenvalue weighted by Crippen LogP contribution is -2.43. The molecule has 0 amide bonds. The van der Waals surface area contributed by atoms with Gasteiger partial charge in [0.05, 0.1) is 19.8 Å². The van der Waals surface area contributed by atoms with Gasteiger partial charge >= 0.3 is 0 Å². The van der Waals surface area contributed by atoms with Crippen LogP contribution in [0.5, 0.6) is 11.5 Å². The molecule has 1 atom stereocenters. The predicted molar refractivity (Wildman–Crippen MR) is 105 cm³/mol. The molecule has 0 bridgehead atoms. The monoisotopic (exact) mass is 448 g/mol. The fourth-order valence-electron chi connectivity index (χ4n) is 3.91. The Labute approximate surface area is 169 Å². The van der Waals surface area contributed by atoms with Crippen LogP contribution in [0.3, 0.4) is 0 Å². The molecule has 28 heavy (non-hydrogen) atoms. The van der Waals surface area contributed by atoms with Crippen LogP contribution in [0, 0.1) is 5.95 Å². The Balaban J connectivity index is 1.74. The van der Waals surface area contributed by atoms with Crippen LogP contribution in [0.25, 0.3) is 0 Å². The van der Waals surface area contributed by atoms with E-state index in [1.165, 1.54) is 0 Å². The zero-order chi connectivity index (χ0) is 19.3. The van der Waals surface area contributed by atoms with Crippen LogP contribution >= 0.6 is 15.9 Å². The number of morpholine rings is 1. The van der Waals surface area contributed by atoms with E-state index in [0.29, 0.717) is 49.3 Å². The largest absolute Gasteiger partial charge is 0.452 e. The molecule has 3 aliphatic rings. The van der Waals surface area contributed by atoms with Crippen LogP contribution in [0.2, 0.25) is 0 Å². The highest BCUT2D eigenvalue weighted by atomic mass is 79.9. The number of rotatable bonds is 1. The summed E-state index contributed by atoms with van der Waals surface area (Å²) >= 11 is 3.50. The summed E-state index contributed by atoms with van der Waals surface area (Å²) in [5.74, 6) is 0.785. The molecule has 1 saturated heterocycles. The lowest BCUT2D eigenvalue weighted by Gasteiger charge is -2.40. The van der Waals surface area contributed by atoms with E-state index in [9.17, 15) is 0 Å². The summed E-state index contributed by atoms with van der Waals surface area (Å²) in [6.07, 6.45) is 0. The molecule has 1 aromatic carbocycles. The number of anilines is 1. The van der Waals surface area contributed by atoms with Crippen LogP contribution in [-0.4, -0.2) is 50.3 Å². The molecular formula is C19H18BrFN4O3. The lowest BCUT2D eigenvalue weighted by molar-refractivity contribution is 0.109. The molecule has 7 nitrogen and oxygen atoms in total. The normalized spacial score (nSPS) is 23.6. The molecule has 0 radical (unpaired) electrons. The second-order valence-corrected chi connectivity index (χ2v) is 7.86. The second kappa shape index (κ2) is 6.68. The van der Waals surface area contributed by atoms with E-state index in [0.717, 1.165) is 10.0 Å². The van der Waals surface area contributed by atoms with Crippen molar-refractivity contribution in [3.05, 3.63) is 45.8 Å². The highest BCUT2D eigenvalue weighted by Gasteiger charge is 2.46. The summed E-state index contributed by atoms with van der Waals surface area (Å²) < 4.78 is 33.0. The van der Waals surface area contributed by atoms with E-state index in [2.05, 4.69) is 20.9 Å². The van der Waals surface area contributed by atoms with E-state index in [4.69, 9.17) is 24.9 Å². The maximum atomic E-state index is 15.1. The lowest BCUT2D eigenvalue weighted by atomic mass is 9.81. The first kappa shape index (κ1) is 17.8. The van der Waals surface area contributed by atoms with Crippen molar-refractivity contribution >= 4 is 27.6 Å². The number of benzene rings is 1. The standard InChI is InChI=1S/C19H18BrFN4O3/c20-11-1-2-14-12(7-11)19(10-27-9-15(22)24-19)13-8-16(23-18(21)17(13)28-14)25-3-5-26-6-4-25/h1-2,7-8H,3-6,9-10H2,(H2,22,24). The minimum absolute atomic E-state index is 0.0638. The van der Waals surface area contributed by atoms with Crippen molar-refractivity contribution in [1.82, 2.24) is 4.98 Å². The number of pyridine rings is 1. The van der Waals surface area contributed by atoms with Crippen molar-refractivity contribution in [3.8, 4) is 11.5 Å². The quantitative estimate of drug-likeness (QED) is 0.675. The van der Waals surface area contributed by atoms with E-state index in [-0.39, 0.29) is 19.0 Å².